The molecule has 0 fully saturated rings. The summed E-state index contributed by atoms with van der Waals surface area (Å²) in [7, 11) is 0. The summed E-state index contributed by atoms with van der Waals surface area (Å²) >= 11 is 1.86. The molecule has 0 amide bonds. The third-order valence-corrected chi connectivity index (χ3v) is 5.58. The van der Waals surface area contributed by atoms with Gasteiger partial charge in [0.05, 0.1) is 6.61 Å². The van der Waals surface area contributed by atoms with Crippen molar-refractivity contribution in [1.29, 1.82) is 0 Å². The number of aliphatic hydroxyl groups excluding tert-OH is 1. The molecule has 0 spiro atoms. The topological polar surface area (TPSA) is 130 Å². The molecule has 170 valence electrons. The van der Waals surface area contributed by atoms with Gasteiger partial charge in [0.1, 0.15) is 12.0 Å². The lowest BCUT2D eigenvalue weighted by Crippen LogP contribution is -2.27. The smallest absolute Gasteiger partial charge is 0.328 e. The lowest BCUT2D eigenvalue weighted by atomic mass is 10.0. The number of rotatable bonds is 11. The van der Waals surface area contributed by atoms with Gasteiger partial charge in [-0.3, -0.25) is 0 Å². The largest absolute Gasteiger partial charge is 0.494 e. The van der Waals surface area contributed by atoms with Crippen molar-refractivity contribution in [2.75, 3.05) is 6.61 Å². The molecule has 1 aromatic heterocycles. The lowest BCUT2D eigenvalue weighted by Gasteiger charge is -2.13. The van der Waals surface area contributed by atoms with Gasteiger partial charge in [0.15, 0.2) is 0 Å². The third kappa shape index (κ3) is 12.6. The van der Waals surface area contributed by atoms with Gasteiger partial charge in [-0.15, -0.1) is 11.3 Å². The van der Waals surface area contributed by atoms with Crippen molar-refractivity contribution in [2.24, 2.45) is 11.7 Å². The number of nitrogens with two attached hydrogens (primary N) is 1. The summed E-state index contributed by atoms with van der Waals surface area (Å²) in [4.78, 5) is 21.9. The van der Waals surface area contributed by atoms with Crippen LogP contribution in [0.15, 0.2) is 48.6 Å². The van der Waals surface area contributed by atoms with Gasteiger partial charge in [-0.05, 0) is 62.8 Å². The zero-order valence-electron chi connectivity index (χ0n) is 17.9. The van der Waals surface area contributed by atoms with Crippen LogP contribution in [0.25, 0.3) is 0 Å². The third-order valence-electron chi connectivity index (χ3n) is 4.37. The fourth-order valence-corrected chi connectivity index (χ4v) is 3.52. The van der Waals surface area contributed by atoms with Crippen LogP contribution in [-0.4, -0.2) is 40.1 Å². The highest BCUT2D eigenvalue weighted by Crippen LogP contribution is 2.21. The van der Waals surface area contributed by atoms with E-state index in [-0.39, 0.29) is 5.92 Å². The molecule has 0 aliphatic heterocycles. The number of carbonyl (C=O) groups is 2. The Balaban J connectivity index is 0.000000512. The monoisotopic (exact) mass is 449 g/mol. The maximum Gasteiger partial charge on any atom is 0.328 e. The first-order valence-electron chi connectivity index (χ1n) is 10.0. The van der Waals surface area contributed by atoms with Crippen LogP contribution in [0, 0.1) is 12.8 Å². The van der Waals surface area contributed by atoms with Gasteiger partial charge < -0.3 is 25.8 Å². The number of carboxylic acids is 2. The summed E-state index contributed by atoms with van der Waals surface area (Å²) in [6.07, 6.45) is 4.38. The van der Waals surface area contributed by atoms with E-state index in [0.717, 1.165) is 38.0 Å². The summed E-state index contributed by atoms with van der Waals surface area (Å²) in [5, 5.41) is 24.9. The van der Waals surface area contributed by atoms with Crippen molar-refractivity contribution in [1.82, 2.24) is 0 Å². The minimum atomic E-state index is -1.26. The molecule has 2 aromatic rings. The Kier molecular flexibility index (Phi) is 12.2. The summed E-state index contributed by atoms with van der Waals surface area (Å²) in [6.45, 7) is 4.81. The van der Waals surface area contributed by atoms with E-state index in [0.29, 0.717) is 12.2 Å². The van der Waals surface area contributed by atoms with Crippen LogP contribution in [0.4, 0.5) is 0 Å². The Morgan fingerprint density at radius 2 is 1.58 bits per heavy atom. The average molecular weight is 450 g/mol. The highest BCUT2D eigenvalue weighted by atomic mass is 32.1. The molecule has 5 N–H and O–H groups in total. The van der Waals surface area contributed by atoms with Crippen molar-refractivity contribution < 1.29 is 29.6 Å². The number of hydrogen-bond donors (Lipinski definition) is 4. The second-order valence-corrected chi connectivity index (χ2v) is 8.40. The van der Waals surface area contributed by atoms with E-state index < -0.39 is 18.2 Å². The highest BCUT2D eigenvalue weighted by molar-refractivity contribution is 7.11. The van der Waals surface area contributed by atoms with E-state index in [1.54, 1.807) is 0 Å². The van der Waals surface area contributed by atoms with Gasteiger partial charge in [0.2, 0.25) is 0 Å². The molecule has 0 bridgehead atoms. The SMILES string of the molecule is Cc1ccc(OCCCc2ccc(CC[C@@H](C)C(N)O)s2)cc1.O=C(O)/C=C\C(=O)O. The second kappa shape index (κ2) is 14.3. The number of thiophene rings is 1. The Morgan fingerprint density at radius 1 is 1.03 bits per heavy atom. The van der Waals surface area contributed by atoms with Crippen molar-refractivity contribution in [3.8, 4) is 5.75 Å². The molecular formula is C23H31NO6S. The van der Waals surface area contributed by atoms with Gasteiger partial charge in [-0.2, -0.15) is 0 Å². The first-order chi connectivity index (χ1) is 14.7. The predicted molar refractivity (Wildman–Crippen MR) is 121 cm³/mol. The Bertz CT molecular complexity index is 813. The Labute approximate surface area is 186 Å². The lowest BCUT2D eigenvalue weighted by molar-refractivity contribution is -0.134. The van der Waals surface area contributed by atoms with E-state index in [9.17, 15) is 14.7 Å². The van der Waals surface area contributed by atoms with Crippen LogP contribution in [0.1, 0.15) is 35.1 Å². The van der Waals surface area contributed by atoms with E-state index in [1.165, 1.54) is 15.3 Å². The van der Waals surface area contributed by atoms with Gasteiger partial charge in [0.25, 0.3) is 0 Å². The first kappa shape index (κ1) is 26.4. The summed E-state index contributed by atoms with van der Waals surface area (Å²) in [5.41, 5.74) is 6.74. The minimum Gasteiger partial charge on any atom is -0.494 e. The fraction of sp³-hybridized carbons (Fsp3) is 0.391. The van der Waals surface area contributed by atoms with Crippen molar-refractivity contribution >= 4 is 23.3 Å². The molecule has 0 radical (unpaired) electrons. The van der Waals surface area contributed by atoms with E-state index >= 15 is 0 Å². The van der Waals surface area contributed by atoms with E-state index in [1.807, 2.05) is 30.4 Å². The van der Waals surface area contributed by atoms with Gasteiger partial charge >= 0.3 is 11.9 Å². The number of hydrogen-bond acceptors (Lipinski definition) is 6. The molecule has 0 aliphatic rings. The van der Waals surface area contributed by atoms with Crippen molar-refractivity contribution in [3.05, 3.63) is 63.9 Å². The predicted octanol–water partition coefficient (Wildman–Crippen LogP) is 3.63. The quantitative estimate of drug-likeness (QED) is 0.234. The van der Waals surface area contributed by atoms with Crippen molar-refractivity contribution in [2.45, 2.75) is 45.8 Å². The number of carboxylic acid groups (broad SMARTS) is 2. The Hall–Kier alpha value is -2.68. The second-order valence-electron chi connectivity index (χ2n) is 7.15. The number of ether oxygens (including phenoxy) is 1. The summed E-state index contributed by atoms with van der Waals surface area (Å²) < 4.78 is 5.76. The van der Waals surface area contributed by atoms with E-state index in [2.05, 4.69) is 31.2 Å². The molecule has 1 aromatic carbocycles. The van der Waals surface area contributed by atoms with Gasteiger partial charge in [0, 0.05) is 21.9 Å². The number of aliphatic carboxylic acids is 2. The molecule has 0 saturated carbocycles. The van der Waals surface area contributed by atoms with Crippen LogP contribution < -0.4 is 10.5 Å². The molecule has 31 heavy (non-hydrogen) atoms. The van der Waals surface area contributed by atoms with Gasteiger partial charge in [-0.1, -0.05) is 24.6 Å². The summed E-state index contributed by atoms with van der Waals surface area (Å²) in [6, 6.07) is 12.6. The maximum absolute atomic E-state index is 9.55. The van der Waals surface area contributed by atoms with Crippen LogP contribution in [0.5, 0.6) is 5.75 Å². The number of aliphatic hydroxyl groups is 1. The molecule has 1 unspecified atom stereocenters. The van der Waals surface area contributed by atoms with E-state index in [4.69, 9.17) is 20.7 Å². The van der Waals surface area contributed by atoms with Crippen LogP contribution in [-0.2, 0) is 22.4 Å². The highest BCUT2D eigenvalue weighted by Gasteiger charge is 2.10. The van der Waals surface area contributed by atoms with Gasteiger partial charge in [-0.25, -0.2) is 9.59 Å². The molecule has 2 rings (SSSR count). The number of benzene rings is 1. The van der Waals surface area contributed by atoms with Crippen molar-refractivity contribution in [3.63, 3.8) is 0 Å². The van der Waals surface area contributed by atoms with Crippen LogP contribution in [0.3, 0.4) is 0 Å². The molecular weight excluding hydrogens is 418 g/mol. The van der Waals surface area contributed by atoms with Crippen LogP contribution in [0.2, 0.25) is 0 Å². The molecule has 7 nitrogen and oxygen atoms in total. The first-order valence-corrected chi connectivity index (χ1v) is 10.8. The molecule has 8 heteroatoms. The zero-order valence-corrected chi connectivity index (χ0v) is 18.7. The molecule has 0 aliphatic carbocycles. The maximum atomic E-state index is 9.55. The molecule has 2 atom stereocenters. The number of aryl methyl sites for hydroxylation is 3. The summed E-state index contributed by atoms with van der Waals surface area (Å²) in [5.74, 6) is -1.43. The average Bonchev–Trinajstić information content (AvgIpc) is 3.17. The zero-order chi connectivity index (χ0) is 23.2. The Morgan fingerprint density at radius 3 is 2.10 bits per heavy atom. The molecule has 0 saturated heterocycles. The fourth-order valence-electron chi connectivity index (χ4n) is 2.45. The normalized spacial score (nSPS) is 12.6. The molecule has 1 heterocycles. The van der Waals surface area contributed by atoms with Crippen LogP contribution >= 0.6 is 11.3 Å². The standard InChI is InChI=1S/C19H27NO2S.C4H4O4/c1-14-5-8-16(9-6-14)22-13-3-4-17-11-12-18(23-17)10-7-15(2)19(20)21;5-3(6)1-2-4(7)8/h5-6,8-9,11-12,15,19,21H,3-4,7,10,13,20H2,1-2H3;1-2H,(H,5,6)(H,7,8)/b;2-1-/t15-,19?;/m1./s1. The minimum absolute atomic E-state index is 0.142.